The first-order valence-electron chi connectivity index (χ1n) is 9.16. The maximum atomic E-state index is 11.8. The summed E-state index contributed by atoms with van der Waals surface area (Å²) in [4.78, 5) is 19.8. The van der Waals surface area contributed by atoms with E-state index in [1.165, 1.54) is 4.90 Å². The molecule has 1 heterocycles. The zero-order chi connectivity index (χ0) is 18.1. The lowest BCUT2D eigenvalue weighted by molar-refractivity contribution is -0.129. The molecule has 1 aliphatic rings. The maximum absolute atomic E-state index is 11.8. The molecule has 0 radical (unpaired) electrons. The highest BCUT2D eigenvalue weighted by atomic mass is 32.2. The molecule has 0 bridgehead atoms. The molecule has 1 aromatic rings. The molecule has 6 heteroatoms. The largest absolute Gasteiger partial charge is 0.357 e. The van der Waals surface area contributed by atoms with E-state index in [4.69, 9.17) is 4.99 Å². The van der Waals surface area contributed by atoms with E-state index in [1.54, 1.807) is 0 Å². The number of carbonyl (C=O) groups is 1. The summed E-state index contributed by atoms with van der Waals surface area (Å²) in [5.41, 5.74) is 0. The number of likely N-dealkylation sites (tertiary alicyclic amines) is 1. The van der Waals surface area contributed by atoms with Gasteiger partial charge in [-0.2, -0.15) is 0 Å². The molecule has 0 spiro atoms. The molecule has 2 rings (SSSR count). The SMILES string of the molecule is CCNC(=NCC(C)Sc1ccccc1)NC1CCN(C(=O)CC)C1. The first kappa shape index (κ1) is 19.6. The molecule has 0 aliphatic carbocycles. The van der Waals surface area contributed by atoms with Crippen molar-refractivity contribution in [3.63, 3.8) is 0 Å². The second-order valence-corrected chi connectivity index (χ2v) is 7.80. The molecule has 2 N–H and O–H groups in total. The molecule has 25 heavy (non-hydrogen) atoms. The molecule has 1 amide bonds. The van der Waals surface area contributed by atoms with Gasteiger partial charge in [0.1, 0.15) is 0 Å². The Morgan fingerprint density at radius 1 is 1.36 bits per heavy atom. The molecule has 5 nitrogen and oxygen atoms in total. The Morgan fingerprint density at radius 2 is 2.12 bits per heavy atom. The van der Waals surface area contributed by atoms with Crippen LogP contribution in [0.1, 0.15) is 33.6 Å². The molecule has 1 fully saturated rings. The predicted octanol–water partition coefficient (Wildman–Crippen LogP) is 2.73. The number of aliphatic imine (C=N–C) groups is 1. The fourth-order valence-corrected chi connectivity index (χ4v) is 3.76. The van der Waals surface area contributed by atoms with E-state index in [9.17, 15) is 4.79 Å². The predicted molar refractivity (Wildman–Crippen MR) is 106 cm³/mol. The van der Waals surface area contributed by atoms with Gasteiger partial charge in [-0.1, -0.05) is 32.0 Å². The highest BCUT2D eigenvalue weighted by Crippen LogP contribution is 2.22. The van der Waals surface area contributed by atoms with Gasteiger partial charge in [0.2, 0.25) is 5.91 Å². The van der Waals surface area contributed by atoms with Crippen molar-refractivity contribution in [2.45, 2.75) is 49.8 Å². The number of benzene rings is 1. The number of guanidine groups is 1. The van der Waals surface area contributed by atoms with Crippen LogP contribution >= 0.6 is 11.8 Å². The smallest absolute Gasteiger partial charge is 0.222 e. The minimum atomic E-state index is 0.235. The first-order chi connectivity index (χ1) is 12.1. The fourth-order valence-electron chi connectivity index (χ4n) is 2.83. The summed E-state index contributed by atoms with van der Waals surface area (Å²) in [6, 6.07) is 10.7. The van der Waals surface area contributed by atoms with E-state index in [0.29, 0.717) is 11.7 Å². The Kier molecular flexibility index (Phi) is 8.12. The van der Waals surface area contributed by atoms with E-state index in [1.807, 2.05) is 29.7 Å². The molecular weight excluding hydrogens is 332 g/mol. The number of rotatable bonds is 7. The van der Waals surface area contributed by atoms with Crippen LogP contribution < -0.4 is 10.6 Å². The summed E-state index contributed by atoms with van der Waals surface area (Å²) < 4.78 is 0. The Hall–Kier alpha value is -1.69. The Labute approximate surface area is 155 Å². The third-order valence-electron chi connectivity index (χ3n) is 4.12. The lowest BCUT2D eigenvalue weighted by atomic mass is 10.3. The summed E-state index contributed by atoms with van der Waals surface area (Å²) in [5, 5.41) is 7.20. The Bertz CT molecular complexity index is 564. The standard InChI is InChI=1S/C19H30N4OS/c1-4-18(24)23-12-11-16(14-23)22-19(20-5-2)21-13-15(3)25-17-9-7-6-8-10-17/h6-10,15-16H,4-5,11-14H2,1-3H3,(H2,20,21,22). The van der Waals surface area contributed by atoms with Gasteiger partial charge in [0.15, 0.2) is 5.96 Å². The number of hydrogen-bond acceptors (Lipinski definition) is 3. The van der Waals surface area contributed by atoms with Gasteiger partial charge in [0, 0.05) is 42.2 Å². The van der Waals surface area contributed by atoms with Crippen LogP contribution in [0.4, 0.5) is 0 Å². The number of amides is 1. The maximum Gasteiger partial charge on any atom is 0.222 e. The molecule has 2 unspecified atom stereocenters. The second kappa shape index (κ2) is 10.3. The molecule has 0 aromatic heterocycles. The van der Waals surface area contributed by atoms with Crippen LogP contribution in [-0.4, -0.2) is 54.2 Å². The zero-order valence-electron chi connectivity index (χ0n) is 15.5. The van der Waals surface area contributed by atoms with Crippen molar-refractivity contribution in [1.29, 1.82) is 0 Å². The van der Waals surface area contributed by atoms with E-state index in [0.717, 1.165) is 38.6 Å². The van der Waals surface area contributed by atoms with Gasteiger partial charge in [-0.15, -0.1) is 11.8 Å². The van der Waals surface area contributed by atoms with Crippen LogP contribution in [0.25, 0.3) is 0 Å². The first-order valence-corrected chi connectivity index (χ1v) is 10.0. The summed E-state index contributed by atoms with van der Waals surface area (Å²) >= 11 is 1.84. The number of carbonyl (C=O) groups excluding carboxylic acids is 1. The highest BCUT2D eigenvalue weighted by molar-refractivity contribution is 8.00. The van der Waals surface area contributed by atoms with Crippen LogP contribution in [-0.2, 0) is 4.79 Å². The lowest BCUT2D eigenvalue weighted by Crippen LogP contribution is -2.45. The van der Waals surface area contributed by atoms with Crippen LogP contribution in [0.3, 0.4) is 0 Å². The number of nitrogens with zero attached hydrogens (tertiary/aromatic N) is 2. The van der Waals surface area contributed by atoms with Crippen LogP contribution in [0.2, 0.25) is 0 Å². The minimum absolute atomic E-state index is 0.235. The molecule has 0 saturated carbocycles. The van der Waals surface area contributed by atoms with E-state index < -0.39 is 0 Å². The summed E-state index contributed by atoms with van der Waals surface area (Å²) in [7, 11) is 0. The Balaban J connectivity index is 1.84. The normalized spacial score (nSPS) is 18.9. The molecular formula is C19H30N4OS. The molecule has 1 saturated heterocycles. The van der Waals surface area contributed by atoms with Crippen molar-refractivity contribution in [2.75, 3.05) is 26.2 Å². The molecule has 2 atom stereocenters. The topological polar surface area (TPSA) is 56.7 Å². The summed E-state index contributed by atoms with van der Waals surface area (Å²) in [6.45, 7) is 9.37. The third kappa shape index (κ3) is 6.61. The number of hydrogen-bond donors (Lipinski definition) is 2. The minimum Gasteiger partial charge on any atom is -0.357 e. The average molecular weight is 363 g/mol. The van der Waals surface area contributed by atoms with Crippen molar-refractivity contribution in [3.8, 4) is 0 Å². The van der Waals surface area contributed by atoms with Crippen molar-refractivity contribution in [2.24, 2.45) is 4.99 Å². The van der Waals surface area contributed by atoms with E-state index >= 15 is 0 Å². The zero-order valence-corrected chi connectivity index (χ0v) is 16.3. The van der Waals surface area contributed by atoms with Gasteiger partial charge < -0.3 is 15.5 Å². The van der Waals surface area contributed by atoms with Gasteiger partial charge in [-0.25, -0.2) is 0 Å². The summed E-state index contributed by atoms with van der Waals surface area (Å²) in [6.07, 6.45) is 1.56. The lowest BCUT2D eigenvalue weighted by Gasteiger charge is -2.19. The number of thioether (sulfide) groups is 1. The Morgan fingerprint density at radius 3 is 2.80 bits per heavy atom. The van der Waals surface area contributed by atoms with Crippen molar-refractivity contribution < 1.29 is 4.79 Å². The van der Waals surface area contributed by atoms with Gasteiger partial charge in [-0.3, -0.25) is 9.79 Å². The van der Waals surface area contributed by atoms with E-state index in [-0.39, 0.29) is 11.9 Å². The average Bonchev–Trinajstić information content (AvgIpc) is 3.08. The molecule has 138 valence electrons. The monoisotopic (exact) mass is 362 g/mol. The van der Waals surface area contributed by atoms with Crippen molar-refractivity contribution in [1.82, 2.24) is 15.5 Å². The molecule has 1 aromatic carbocycles. The van der Waals surface area contributed by atoms with Gasteiger partial charge in [-0.05, 0) is 25.5 Å². The summed E-state index contributed by atoms with van der Waals surface area (Å²) in [5.74, 6) is 1.08. The third-order valence-corrected chi connectivity index (χ3v) is 5.21. The van der Waals surface area contributed by atoms with Gasteiger partial charge >= 0.3 is 0 Å². The number of nitrogens with one attached hydrogen (secondary N) is 2. The quantitative estimate of drug-likeness (QED) is 0.445. The van der Waals surface area contributed by atoms with Crippen molar-refractivity contribution >= 4 is 23.6 Å². The van der Waals surface area contributed by atoms with Crippen LogP contribution in [0.15, 0.2) is 40.2 Å². The van der Waals surface area contributed by atoms with Crippen LogP contribution in [0, 0.1) is 0 Å². The van der Waals surface area contributed by atoms with Gasteiger partial charge in [0.05, 0.1) is 6.54 Å². The van der Waals surface area contributed by atoms with Crippen molar-refractivity contribution in [3.05, 3.63) is 30.3 Å². The highest BCUT2D eigenvalue weighted by Gasteiger charge is 2.25. The fraction of sp³-hybridized carbons (Fsp3) is 0.579. The van der Waals surface area contributed by atoms with Gasteiger partial charge in [0.25, 0.3) is 0 Å². The molecule has 1 aliphatic heterocycles. The van der Waals surface area contributed by atoms with Crippen LogP contribution in [0.5, 0.6) is 0 Å². The van der Waals surface area contributed by atoms with E-state index in [2.05, 4.69) is 48.7 Å². The second-order valence-electron chi connectivity index (χ2n) is 6.28.